The van der Waals surface area contributed by atoms with Gasteiger partial charge < -0.3 is 5.32 Å². The van der Waals surface area contributed by atoms with E-state index in [1.807, 2.05) is 6.92 Å². The Morgan fingerprint density at radius 2 is 2.45 bits per heavy atom. The number of hydrogen-bond acceptors (Lipinski definition) is 3. The van der Waals surface area contributed by atoms with Crippen LogP contribution in [0.15, 0.2) is 0 Å². The van der Waals surface area contributed by atoms with Crippen molar-refractivity contribution in [3.05, 3.63) is 11.6 Å². The van der Waals surface area contributed by atoms with E-state index < -0.39 is 0 Å². The molecular weight excluding hydrogens is 140 g/mol. The van der Waals surface area contributed by atoms with Gasteiger partial charge in [-0.1, -0.05) is 0 Å². The summed E-state index contributed by atoms with van der Waals surface area (Å²) in [5.74, 6) is 2.40. The van der Waals surface area contributed by atoms with Crippen molar-refractivity contribution in [1.29, 1.82) is 0 Å². The predicted octanol–water partition coefficient (Wildman–Crippen LogP) is 0.190. The van der Waals surface area contributed by atoms with Gasteiger partial charge in [-0.05, 0) is 19.9 Å². The molecule has 0 amide bonds. The summed E-state index contributed by atoms with van der Waals surface area (Å²) < 4.78 is 0. The molecule has 1 saturated heterocycles. The first-order valence-electron chi connectivity index (χ1n) is 3.96. The number of H-pyrrole nitrogens is 1. The largest absolute Gasteiger partial charge is 0.316 e. The van der Waals surface area contributed by atoms with Gasteiger partial charge in [0.15, 0.2) is 5.82 Å². The standard InChI is InChI=1S/C7H12N4/c1-5-9-7(11-10-5)6-2-3-8-4-6/h6,8H,2-4H2,1H3,(H,9,10,11). The molecule has 1 aromatic heterocycles. The number of aryl methyl sites for hydroxylation is 1. The highest BCUT2D eigenvalue weighted by Gasteiger charge is 2.19. The second kappa shape index (κ2) is 2.62. The molecule has 1 fully saturated rings. The summed E-state index contributed by atoms with van der Waals surface area (Å²) in [6, 6.07) is 0. The molecular formula is C7H12N4. The molecule has 1 aliphatic rings. The number of aromatic nitrogens is 3. The summed E-state index contributed by atoms with van der Waals surface area (Å²) in [7, 11) is 0. The topological polar surface area (TPSA) is 53.6 Å². The number of hydrogen-bond donors (Lipinski definition) is 2. The van der Waals surface area contributed by atoms with Crippen LogP contribution in [0.3, 0.4) is 0 Å². The fourth-order valence-corrected chi connectivity index (χ4v) is 1.42. The third-order valence-electron chi connectivity index (χ3n) is 2.04. The van der Waals surface area contributed by atoms with Crippen molar-refractivity contribution >= 4 is 0 Å². The van der Waals surface area contributed by atoms with Gasteiger partial charge in [0.1, 0.15) is 5.82 Å². The third-order valence-corrected chi connectivity index (χ3v) is 2.04. The number of rotatable bonds is 1. The van der Waals surface area contributed by atoms with Crippen LogP contribution in [0, 0.1) is 6.92 Å². The second-order valence-electron chi connectivity index (χ2n) is 2.97. The fraction of sp³-hybridized carbons (Fsp3) is 0.714. The minimum Gasteiger partial charge on any atom is -0.316 e. The lowest BCUT2D eigenvalue weighted by Gasteiger charge is -1.99. The van der Waals surface area contributed by atoms with Crippen LogP contribution in [0.2, 0.25) is 0 Å². The van der Waals surface area contributed by atoms with Gasteiger partial charge in [0.25, 0.3) is 0 Å². The third kappa shape index (κ3) is 1.26. The molecule has 0 radical (unpaired) electrons. The Hall–Kier alpha value is -0.900. The lowest BCUT2D eigenvalue weighted by molar-refractivity contribution is 0.706. The molecule has 11 heavy (non-hydrogen) atoms. The van der Waals surface area contributed by atoms with Gasteiger partial charge in [-0.15, -0.1) is 0 Å². The first-order valence-corrected chi connectivity index (χ1v) is 3.96. The van der Waals surface area contributed by atoms with Crippen LogP contribution in [-0.2, 0) is 0 Å². The van der Waals surface area contributed by atoms with Crippen LogP contribution in [0.25, 0.3) is 0 Å². The van der Waals surface area contributed by atoms with Gasteiger partial charge in [-0.3, -0.25) is 5.10 Å². The van der Waals surface area contributed by atoms with Crippen LogP contribution < -0.4 is 5.32 Å². The molecule has 4 nitrogen and oxygen atoms in total. The number of aromatic amines is 1. The van der Waals surface area contributed by atoms with E-state index in [1.54, 1.807) is 0 Å². The zero-order valence-corrected chi connectivity index (χ0v) is 6.59. The highest BCUT2D eigenvalue weighted by Crippen LogP contribution is 2.17. The fourth-order valence-electron chi connectivity index (χ4n) is 1.42. The molecule has 0 aliphatic carbocycles. The zero-order chi connectivity index (χ0) is 7.68. The maximum atomic E-state index is 4.29. The minimum absolute atomic E-state index is 0.528. The summed E-state index contributed by atoms with van der Waals surface area (Å²) in [5, 5.41) is 10.3. The molecule has 4 heteroatoms. The maximum Gasteiger partial charge on any atom is 0.155 e. The molecule has 1 aromatic rings. The van der Waals surface area contributed by atoms with Crippen LogP contribution in [0.5, 0.6) is 0 Å². The molecule has 0 aromatic carbocycles. The lowest BCUT2D eigenvalue weighted by Crippen LogP contribution is -2.08. The quantitative estimate of drug-likeness (QED) is 0.604. The van der Waals surface area contributed by atoms with E-state index in [2.05, 4.69) is 20.5 Å². The van der Waals surface area contributed by atoms with E-state index in [9.17, 15) is 0 Å². The molecule has 60 valence electrons. The highest BCUT2D eigenvalue weighted by atomic mass is 15.2. The molecule has 0 saturated carbocycles. The van der Waals surface area contributed by atoms with Gasteiger partial charge >= 0.3 is 0 Å². The highest BCUT2D eigenvalue weighted by molar-refractivity contribution is 5.00. The van der Waals surface area contributed by atoms with Crippen molar-refractivity contribution in [1.82, 2.24) is 20.5 Å². The Morgan fingerprint density at radius 3 is 3.00 bits per heavy atom. The Kier molecular flexibility index (Phi) is 1.62. The first-order chi connectivity index (χ1) is 5.36. The van der Waals surface area contributed by atoms with E-state index in [4.69, 9.17) is 0 Å². The SMILES string of the molecule is Cc1nc(C2CCNC2)n[nH]1. The molecule has 1 atom stereocenters. The van der Waals surface area contributed by atoms with Crippen LogP contribution in [0.4, 0.5) is 0 Å². The Bertz CT molecular complexity index is 236. The molecule has 1 unspecified atom stereocenters. The van der Waals surface area contributed by atoms with Crippen LogP contribution in [-0.4, -0.2) is 28.3 Å². The molecule has 0 bridgehead atoms. The summed E-state index contributed by atoms with van der Waals surface area (Å²) >= 11 is 0. The normalized spacial score (nSPS) is 24.3. The van der Waals surface area contributed by atoms with Crippen molar-refractivity contribution in [2.75, 3.05) is 13.1 Å². The smallest absolute Gasteiger partial charge is 0.155 e. The van der Waals surface area contributed by atoms with Gasteiger partial charge in [0, 0.05) is 12.5 Å². The van der Waals surface area contributed by atoms with Crippen molar-refractivity contribution in [2.45, 2.75) is 19.3 Å². The van der Waals surface area contributed by atoms with Crippen LogP contribution in [0.1, 0.15) is 24.0 Å². The molecule has 0 spiro atoms. The van der Waals surface area contributed by atoms with Crippen molar-refractivity contribution in [3.8, 4) is 0 Å². The minimum atomic E-state index is 0.528. The zero-order valence-electron chi connectivity index (χ0n) is 6.59. The van der Waals surface area contributed by atoms with E-state index >= 15 is 0 Å². The van der Waals surface area contributed by atoms with Gasteiger partial charge in [-0.25, -0.2) is 4.98 Å². The van der Waals surface area contributed by atoms with Gasteiger partial charge in [-0.2, -0.15) is 5.10 Å². The van der Waals surface area contributed by atoms with E-state index in [0.717, 1.165) is 31.2 Å². The average Bonchev–Trinajstić information content (AvgIpc) is 2.55. The maximum absolute atomic E-state index is 4.29. The Balaban J connectivity index is 2.15. The Labute approximate surface area is 65.4 Å². The average molecular weight is 152 g/mol. The monoisotopic (exact) mass is 152 g/mol. The summed E-state index contributed by atoms with van der Waals surface area (Å²) in [6.07, 6.45) is 1.16. The van der Waals surface area contributed by atoms with Gasteiger partial charge in [0.05, 0.1) is 0 Å². The second-order valence-corrected chi connectivity index (χ2v) is 2.97. The van der Waals surface area contributed by atoms with Crippen molar-refractivity contribution in [2.24, 2.45) is 0 Å². The summed E-state index contributed by atoms with van der Waals surface area (Å²) in [5.41, 5.74) is 0. The van der Waals surface area contributed by atoms with Crippen LogP contribution >= 0.6 is 0 Å². The van der Waals surface area contributed by atoms with Crippen molar-refractivity contribution in [3.63, 3.8) is 0 Å². The van der Waals surface area contributed by atoms with Gasteiger partial charge in [0.2, 0.25) is 0 Å². The molecule has 1 aliphatic heterocycles. The summed E-state index contributed by atoms with van der Waals surface area (Å²) in [4.78, 5) is 4.29. The lowest BCUT2D eigenvalue weighted by atomic mass is 10.1. The van der Waals surface area contributed by atoms with E-state index in [0.29, 0.717) is 5.92 Å². The molecule has 2 rings (SSSR count). The number of nitrogens with one attached hydrogen (secondary N) is 2. The number of nitrogens with zero attached hydrogens (tertiary/aromatic N) is 2. The Morgan fingerprint density at radius 1 is 1.55 bits per heavy atom. The predicted molar refractivity (Wildman–Crippen MR) is 41.3 cm³/mol. The first kappa shape index (κ1) is 6.79. The molecule has 2 N–H and O–H groups in total. The summed E-state index contributed by atoms with van der Waals surface area (Å²) in [6.45, 7) is 4.05. The molecule has 2 heterocycles. The van der Waals surface area contributed by atoms with E-state index in [1.165, 1.54) is 0 Å². The van der Waals surface area contributed by atoms with E-state index in [-0.39, 0.29) is 0 Å². The van der Waals surface area contributed by atoms with Crippen molar-refractivity contribution < 1.29 is 0 Å².